The molecular weight excluding hydrogens is 404 g/mol. The summed E-state index contributed by atoms with van der Waals surface area (Å²) in [6, 6.07) is 2.99. The first-order chi connectivity index (χ1) is 13.7. The SMILES string of the molecule is CC(O)[C@@H]1C(=O)N2C(C(=O)O)=C(S[C@H]3COC(c4ccc(F)cc4F)C3)[C@H](C)[C@H]12. The van der Waals surface area contributed by atoms with E-state index in [1.165, 1.54) is 35.7 Å². The normalized spacial score (nSPS) is 32.4. The summed E-state index contributed by atoms with van der Waals surface area (Å²) in [5.41, 5.74) is 0.236. The third-order valence-corrected chi connectivity index (χ3v) is 7.36. The van der Waals surface area contributed by atoms with E-state index in [4.69, 9.17) is 4.74 Å². The number of rotatable bonds is 5. The van der Waals surface area contributed by atoms with E-state index in [1.807, 2.05) is 6.92 Å². The molecule has 0 bridgehead atoms. The molecule has 1 aromatic rings. The summed E-state index contributed by atoms with van der Waals surface area (Å²) in [4.78, 5) is 26.1. The Balaban J connectivity index is 1.53. The molecule has 3 aliphatic rings. The number of aliphatic carboxylic acids is 1. The number of benzene rings is 1. The van der Waals surface area contributed by atoms with Crippen molar-refractivity contribution in [2.24, 2.45) is 11.8 Å². The maximum Gasteiger partial charge on any atom is 0.353 e. The highest BCUT2D eigenvalue weighted by molar-refractivity contribution is 8.03. The van der Waals surface area contributed by atoms with Gasteiger partial charge in [-0.05, 0) is 19.4 Å². The number of carbonyl (C=O) groups is 2. The van der Waals surface area contributed by atoms with Gasteiger partial charge in [0.25, 0.3) is 0 Å². The van der Waals surface area contributed by atoms with Crippen molar-refractivity contribution in [3.63, 3.8) is 0 Å². The fourth-order valence-electron chi connectivity index (χ4n) is 4.52. The minimum atomic E-state index is -1.18. The van der Waals surface area contributed by atoms with E-state index in [1.54, 1.807) is 0 Å². The van der Waals surface area contributed by atoms with Crippen LogP contribution in [0.15, 0.2) is 28.8 Å². The predicted molar refractivity (Wildman–Crippen MR) is 101 cm³/mol. The molecule has 0 saturated carbocycles. The van der Waals surface area contributed by atoms with Gasteiger partial charge in [-0.15, -0.1) is 11.8 Å². The topological polar surface area (TPSA) is 87.1 Å². The van der Waals surface area contributed by atoms with E-state index in [0.29, 0.717) is 11.3 Å². The summed E-state index contributed by atoms with van der Waals surface area (Å²) in [6.07, 6.45) is -0.955. The summed E-state index contributed by atoms with van der Waals surface area (Å²) in [5.74, 6) is -3.73. The van der Waals surface area contributed by atoms with Gasteiger partial charge < -0.3 is 19.8 Å². The van der Waals surface area contributed by atoms with E-state index in [9.17, 15) is 28.6 Å². The van der Waals surface area contributed by atoms with Crippen LogP contribution < -0.4 is 0 Å². The zero-order valence-corrected chi connectivity index (χ0v) is 16.7. The molecule has 1 amide bonds. The third-order valence-electron chi connectivity index (χ3n) is 5.87. The largest absolute Gasteiger partial charge is 0.477 e. The number of ether oxygens (including phenoxy) is 1. The number of aliphatic hydroxyl groups is 1. The number of nitrogens with zero attached hydrogens (tertiary/aromatic N) is 1. The molecule has 2 saturated heterocycles. The molecule has 4 rings (SSSR count). The monoisotopic (exact) mass is 425 g/mol. The number of thioether (sulfide) groups is 1. The lowest BCUT2D eigenvalue weighted by atomic mass is 9.79. The van der Waals surface area contributed by atoms with Gasteiger partial charge in [-0.25, -0.2) is 13.6 Å². The lowest BCUT2D eigenvalue weighted by Gasteiger charge is -2.46. The van der Waals surface area contributed by atoms with Crippen LogP contribution in [-0.2, 0) is 14.3 Å². The molecule has 0 radical (unpaired) electrons. The molecule has 2 fully saturated rings. The van der Waals surface area contributed by atoms with Crippen LogP contribution in [0.4, 0.5) is 8.78 Å². The van der Waals surface area contributed by atoms with Gasteiger partial charge in [0, 0.05) is 27.7 Å². The second-order valence-electron chi connectivity index (χ2n) is 7.74. The molecule has 3 heterocycles. The number of β-lactam (4-membered cyclic amide) rings is 1. The number of hydrogen-bond acceptors (Lipinski definition) is 5. The minimum absolute atomic E-state index is 0.0363. The molecule has 29 heavy (non-hydrogen) atoms. The van der Waals surface area contributed by atoms with Crippen molar-refractivity contribution in [2.75, 3.05) is 6.61 Å². The maximum absolute atomic E-state index is 14.1. The number of carboxylic acid groups (broad SMARTS) is 1. The number of fused-ring (bicyclic) bond motifs is 1. The zero-order chi connectivity index (χ0) is 21.0. The molecular formula is C20H21F2NO5S. The van der Waals surface area contributed by atoms with Crippen molar-refractivity contribution in [3.05, 3.63) is 46.0 Å². The van der Waals surface area contributed by atoms with Crippen LogP contribution in [0.3, 0.4) is 0 Å². The Hall–Kier alpha value is -1.97. The lowest BCUT2D eigenvalue weighted by molar-refractivity contribution is -0.163. The van der Waals surface area contributed by atoms with Gasteiger partial charge >= 0.3 is 5.97 Å². The van der Waals surface area contributed by atoms with Crippen molar-refractivity contribution in [1.29, 1.82) is 0 Å². The molecule has 2 N–H and O–H groups in total. The number of carbonyl (C=O) groups excluding carboxylic acids is 1. The number of halogens is 2. The van der Waals surface area contributed by atoms with Gasteiger partial charge in [0.15, 0.2) is 0 Å². The third kappa shape index (κ3) is 3.25. The molecule has 6 atom stereocenters. The van der Waals surface area contributed by atoms with Crippen LogP contribution in [0, 0.1) is 23.5 Å². The predicted octanol–water partition coefficient (Wildman–Crippen LogP) is 2.68. The highest BCUT2D eigenvalue weighted by atomic mass is 32.2. The van der Waals surface area contributed by atoms with Crippen molar-refractivity contribution in [3.8, 4) is 0 Å². The Morgan fingerprint density at radius 2 is 2.10 bits per heavy atom. The van der Waals surface area contributed by atoms with Crippen LogP contribution in [0.25, 0.3) is 0 Å². The smallest absolute Gasteiger partial charge is 0.353 e. The first-order valence-electron chi connectivity index (χ1n) is 9.42. The summed E-state index contributed by atoms with van der Waals surface area (Å²) in [7, 11) is 0. The van der Waals surface area contributed by atoms with Gasteiger partial charge in [-0.2, -0.15) is 0 Å². The van der Waals surface area contributed by atoms with Crippen LogP contribution in [0.5, 0.6) is 0 Å². The fourth-order valence-corrected chi connectivity index (χ4v) is 5.95. The highest BCUT2D eigenvalue weighted by Gasteiger charge is 2.60. The summed E-state index contributed by atoms with van der Waals surface area (Å²) in [6.45, 7) is 3.67. The van der Waals surface area contributed by atoms with E-state index in [2.05, 4.69) is 0 Å². The molecule has 0 aromatic heterocycles. The molecule has 1 aromatic carbocycles. The van der Waals surface area contributed by atoms with E-state index in [-0.39, 0.29) is 41.0 Å². The average Bonchev–Trinajstić information content (AvgIpc) is 3.17. The Morgan fingerprint density at radius 1 is 1.38 bits per heavy atom. The van der Waals surface area contributed by atoms with Crippen molar-refractivity contribution >= 4 is 23.6 Å². The number of carboxylic acids is 1. The number of aliphatic hydroxyl groups excluding tert-OH is 1. The van der Waals surface area contributed by atoms with Crippen LogP contribution in [-0.4, -0.2) is 51.0 Å². The highest BCUT2D eigenvalue weighted by Crippen LogP contribution is 2.52. The lowest BCUT2D eigenvalue weighted by Crippen LogP contribution is -2.63. The van der Waals surface area contributed by atoms with Gasteiger partial charge in [0.05, 0.1) is 30.8 Å². The zero-order valence-electron chi connectivity index (χ0n) is 15.8. The van der Waals surface area contributed by atoms with Gasteiger partial charge in [-0.1, -0.05) is 13.0 Å². The average molecular weight is 425 g/mol. The van der Waals surface area contributed by atoms with E-state index >= 15 is 0 Å². The van der Waals surface area contributed by atoms with Crippen molar-refractivity contribution in [2.45, 2.75) is 43.8 Å². The molecule has 6 nitrogen and oxygen atoms in total. The minimum Gasteiger partial charge on any atom is -0.477 e. The molecule has 0 spiro atoms. The Bertz CT molecular complexity index is 905. The summed E-state index contributed by atoms with van der Waals surface area (Å²) >= 11 is 1.33. The van der Waals surface area contributed by atoms with Gasteiger partial charge in [-0.3, -0.25) is 4.79 Å². The number of amides is 1. The Morgan fingerprint density at radius 3 is 2.72 bits per heavy atom. The fraction of sp³-hybridized carbons (Fsp3) is 0.500. The first-order valence-corrected chi connectivity index (χ1v) is 10.3. The van der Waals surface area contributed by atoms with Crippen LogP contribution in [0.1, 0.15) is 31.9 Å². The first kappa shape index (κ1) is 20.3. The molecule has 156 valence electrons. The second kappa shape index (κ2) is 7.37. The van der Waals surface area contributed by atoms with Crippen molar-refractivity contribution in [1.82, 2.24) is 4.90 Å². The standard InChI is InChI=1S/C20H21F2NO5S/c1-8-16-15(9(2)24)19(25)23(16)17(20(26)27)18(8)29-11-6-14(28-7-11)12-4-3-10(21)5-13(12)22/h3-5,8-9,11,14-16,24H,6-7H2,1-2H3,(H,26,27)/t8-,9?,11-,14?,15+,16-/m1/s1. The van der Waals surface area contributed by atoms with Gasteiger partial charge in [0.1, 0.15) is 17.3 Å². The summed E-state index contributed by atoms with van der Waals surface area (Å²) in [5, 5.41) is 19.5. The van der Waals surface area contributed by atoms with Crippen molar-refractivity contribution < 1.29 is 33.3 Å². The van der Waals surface area contributed by atoms with Gasteiger partial charge in [0.2, 0.25) is 5.91 Å². The quantitative estimate of drug-likeness (QED) is 0.706. The Labute approximate surface area is 170 Å². The molecule has 0 aliphatic carbocycles. The molecule has 3 aliphatic heterocycles. The maximum atomic E-state index is 14.1. The van der Waals surface area contributed by atoms with Crippen LogP contribution >= 0.6 is 11.8 Å². The van der Waals surface area contributed by atoms with E-state index in [0.717, 1.165) is 6.07 Å². The number of hydrogen-bond donors (Lipinski definition) is 2. The van der Waals surface area contributed by atoms with E-state index < -0.39 is 35.7 Å². The molecule has 2 unspecified atom stereocenters. The second-order valence-corrected chi connectivity index (χ2v) is 9.08. The van der Waals surface area contributed by atoms with Crippen LogP contribution in [0.2, 0.25) is 0 Å². The summed E-state index contributed by atoms with van der Waals surface area (Å²) < 4.78 is 32.9. The Kier molecular flexibility index (Phi) is 5.16. The molecule has 9 heteroatoms.